The van der Waals surface area contributed by atoms with Crippen LogP contribution in [-0.4, -0.2) is 26.9 Å². The molecule has 0 saturated heterocycles. The van der Waals surface area contributed by atoms with Gasteiger partial charge in [-0.1, -0.05) is 22.9 Å². The fraction of sp³-hybridized carbons (Fsp3) is 0.167. The highest BCUT2D eigenvalue weighted by molar-refractivity contribution is 6.30. The van der Waals surface area contributed by atoms with Gasteiger partial charge in [0.05, 0.1) is 22.5 Å². The first-order valence-electron chi connectivity index (χ1n) is 7.91. The molecule has 1 atom stereocenters. The number of aromatic nitrogens is 3. The molecule has 0 fully saturated rings. The number of hydrogen-bond acceptors (Lipinski definition) is 4. The fourth-order valence-corrected chi connectivity index (χ4v) is 2.52. The van der Waals surface area contributed by atoms with E-state index in [0.29, 0.717) is 5.69 Å². The van der Waals surface area contributed by atoms with Gasteiger partial charge >= 0.3 is 6.18 Å². The van der Waals surface area contributed by atoms with Crippen molar-refractivity contribution in [2.45, 2.75) is 19.2 Å². The second-order valence-corrected chi connectivity index (χ2v) is 6.20. The average Bonchev–Trinajstić information content (AvgIpc) is 3.13. The number of ether oxygens (including phenoxy) is 1. The minimum absolute atomic E-state index is 0.0695. The Hall–Kier alpha value is -2.94. The van der Waals surface area contributed by atoms with Crippen LogP contribution < -0.4 is 4.74 Å². The van der Waals surface area contributed by atoms with Crippen LogP contribution in [0.4, 0.5) is 17.6 Å². The lowest BCUT2D eigenvalue weighted by Crippen LogP contribution is -2.24. The zero-order chi connectivity index (χ0) is 20.5. The van der Waals surface area contributed by atoms with Crippen LogP contribution in [0.25, 0.3) is 5.69 Å². The topological polar surface area (TPSA) is 57.0 Å². The van der Waals surface area contributed by atoms with Gasteiger partial charge in [0.15, 0.2) is 11.8 Å². The van der Waals surface area contributed by atoms with Crippen LogP contribution in [0.15, 0.2) is 48.7 Å². The van der Waals surface area contributed by atoms with Gasteiger partial charge in [-0.05, 0) is 43.3 Å². The molecule has 1 aromatic heterocycles. The first kappa shape index (κ1) is 19.8. The van der Waals surface area contributed by atoms with Crippen molar-refractivity contribution in [3.05, 3.63) is 70.8 Å². The predicted octanol–water partition coefficient (Wildman–Crippen LogP) is 4.73. The lowest BCUT2D eigenvalue weighted by molar-refractivity contribution is -0.137. The third-order valence-electron chi connectivity index (χ3n) is 3.76. The van der Waals surface area contributed by atoms with E-state index in [9.17, 15) is 22.4 Å². The van der Waals surface area contributed by atoms with Crippen LogP contribution in [0.5, 0.6) is 5.75 Å². The second-order valence-electron chi connectivity index (χ2n) is 5.80. The molecular weight excluding hydrogens is 402 g/mol. The first-order valence-corrected chi connectivity index (χ1v) is 8.29. The van der Waals surface area contributed by atoms with Gasteiger partial charge in [-0.25, -0.2) is 9.07 Å². The molecular formula is C18H12ClF4N3O2. The molecule has 1 heterocycles. The maximum absolute atomic E-state index is 13.2. The molecule has 0 saturated carbocycles. The standard InChI is InChI=1S/C18H12ClF4N3O2/c1-10(28-13-4-2-3-11(7-13)18(21,22)23)17(27)16-9-26(25-24-16)12-5-6-15(20)14(19)8-12/h2-10H,1H3/t10-/m1/s1. The third-order valence-corrected chi connectivity index (χ3v) is 4.05. The summed E-state index contributed by atoms with van der Waals surface area (Å²) >= 11 is 5.72. The summed E-state index contributed by atoms with van der Waals surface area (Å²) in [5.74, 6) is -1.30. The van der Waals surface area contributed by atoms with E-state index in [4.69, 9.17) is 16.3 Å². The highest BCUT2D eigenvalue weighted by atomic mass is 35.5. The van der Waals surface area contributed by atoms with Crippen LogP contribution >= 0.6 is 11.6 Å². The summed E-state index contributed by atoms with van der Waals surface area (Å²) in [6.45, 7) is 1.39. The number of Topliss-reactive ketones (excluding diaryl/α,β-unsaturated/α-hetero) is 1. The number of rotatable bonds is 5. The van der Waals surface area contributed by atoms with Gasteiger partial charge in [-0.15, -0.1) is 5.10 Å². The number of carbonyl (C=O) groups excluding carboxylic acids is 1. The number of nitrogens with zero attached hydrogens (tertiary/aromatic N) is 3. The van der Waals surface area contributed by atoms with Gasteiger partial charge < -0.3 is 4.74 Å². The Labute approximate surface area is 161 Å². The molecule has 5 nitrogen and oxygen atoms in total. The number of ketones is 1. The maximum Gasteiger partial charge on any atom is 0.416 e. The second kappa shape index (κ2) is 7.59. The average molecular weight is 414 g/mol. The van der Waals surface area contributed by atoms with E-state index in [1.165, 1.54) is 42.1 Å². The van der Waals surface area contributed by atoms with Crippen LogP contribution in [-0.2, 0) is 6.18 Å². The fourth-order valence-electron chi connectivity index (χ4n) is 2.34. The Morgan fingerprint density at radius 2 is 1.96 bits per heavy atom. The Morgan fingerprint density at radius 1 is 1.21 bits per heavy atom. The Kier molecular flexibility index (Phi) is 5.37. The zero-order valence-electron chi connectivity index (χ0n) is 14.2. The van der Waals surface area contributed by atoms with Crippen molar-refractivity contribution in [1.29, 1.82) is 0 Å². The summed E-state index contributed by atoms with van der Waals surface area (Å²) in [5.41, 5.74) is -0.576. The predicted molar refractivity (Wildman–Crippen MR) is 92.2 cm³/mol. The molecule has 0 amide bonds. The zero-order valence-corrected chi connectivity index (χ0v) is 15.0. The van der Waals surface area contributed by atoms with E-state index in [0.717, 1.165) is 18.2 Å². The summed E-state index contributed by atoms with van der Waals surface area (Å²) < 4.78 is 58.1. The molecule has 10 heteroatoms. The van der Waals surface area contributed by atoms with Crippen molar-refractivity contribution in [2.24, 2.45) is 0 Å². The highest BCUT2D eigenvalue weighted by Gasteiger charge is 2.31. The van der Waals surface area contributed by atoms with Crippen molar-refractivity contribution < 1.29 is 27.1 Å². The van der Waals surface area contributed by atoms with Gasteiger partial charge in [-0.2, -0.15) is 13.2 Å². The number of benzene rings is 2. The van der Waals surface area contributed by atoms with Crippen molar-refractivity contribution in [3.63, 3.8) is 0 Å². The number of carbonyl (C=O) groups is 1. The monoisotopic (exact) mass is 413 g/mol. The number of hydrogen-bond donors (Lipinski definition) is 0. The van der Waals surface area contributed by atoms with Crippen LogP contribution in [0, 0.1) is 5.82 Å². The minimum Gasteiger partial charge on any atom is -0.482 e. The molecule has 0 aliphatic rings. The summed E-state index contributed by atoms with van der Waals surface area (Å²) in [6, 6.07) is 8.05. The van der Waals surface area contributed by atoms with Gasteiger partial charge in [0.25, 0.3) is 0 Å². The van der Waals surface area contributed by atoms with Crippen molar-refractivity contribution >= 4 is 17.4 Å². The summed E-state index contributed by atoms with van der Waals surface area (Å²) in [5, 5.41) is 7.38. The maximum atomic E-state index is 13.2. The first-order chi connectivity index (χ1) is 13.1. The Balaban J connectivity index is 1.75. The summed E-state index contributed by atoms with van der Waals surface area (Å²) in [7, 11) is 0. The quantitative estimate of drug-likeness (QED) is 0.448. The van der Waals surface area contributed by atoms with Crippen LogP contribution in [0.1, 0.15) is 23.0 Å². The smallest absolute Gasteiger partial charge is 0.416 e. The molecule has 0 aliphatic carbocycles. The van der Waals surface area contributed by atoms with E-state index in [1.54, 1.807) is 0 Å². The number of halogens is 5. The molecule has 0 bridgehead atoms. The molecule has 0 aliphatic heterocycles. The lowest BCUT2D eigenvalue weighted by atomic mass is 10.2. The van der Waals surface area contributed by atoms with Gasteiger partial charge in [0.1, 0.15) is 11.6 Å². The largest absolute Gasteiger partial charge is 0.482 e. The minimum atomic E-state index is -4.52. The van der Waals surface area contributed by atoms with Crippen molar-refractivity contribution in [1.82, 2.24) is 15.0 Å². The molecule has 28 heavy (non-hydrogen) atoms. The van der Waals surface area contributed by atoms with Gasteiger partial charge in [0.2, 0.25) is 5.78 Å². The molecule has 2 aromatic carbocycles. The summed E-state index contributed by atoms with van der Waals surface area (Å²) in [6.07, 6.45) is -4.34. The van der Waals surface area contributed by atoms with E-state index in [1.807, 2.05) is 0 Å². The van der Waals surface area contributed by atoms with E-state index >= 15 is 0 Å². The van der Waals surface area contributed by atoms with E-state index in [-0.39, 0.29) is 16.5 Å². The van der Waals surface area contributed by atoms with Crippen molar-refractivity contribution in [3.8, 4) is 11.4 Å². The van der Waals surface area contributed by atoms with Gasteiger partial charge in [0, 0.05) is 0 Å². The van der Waals surface area contributed by atoms with E-state index in [2.05, 4.69) is 10.3 Å². The molecule has 3 rings (SSSR count). The van der Waals surface area contributed by atoms with Crippen LogP contribution in [0.3, 0.4) is 0 Å². The molecule has 146 valence electrons. The normalized spacial score (nSPS) is 12.6. The molecule has 0 spiro atoms. The van der Waals surface area contributed by atoms with Crippen molar-refractivity contribution in [2.75, 3.05) is 0 Å². The van der Waals surface area contributed by atoms with Gasteiger partial charge in [-0.3, -0.25) is 4.79 Å². The third kappa shape index (κ3) is 4.30. The number of alkyl halides is 3. The molecule has 0 unspecified atom stereocenters. The Bertz CT molecular complexity index is 1020. The highest BCUT2D eigenvalue weighted by Crippen LogP contribution is 2.31. The molecule has 3 aromatic rings. The Morgan fingerprint density at radius 3 is 2.64 bits per heavy atom. The SMILES string of the molecule is C[C@@H](Oc1cccc(C(F)(F)F)c1)C(=O)c1cn(-c2ccc(F)c(Cl)c2)nn1. The molecule has 0 N–H and O–H groups in total. The van der Waals surface area contributed by atoms with E-state index < -0.39 is 29.4 Å². The van der Waals surface area contributed by atoms with Crippen LogP contribution in [0.2, 0.25) is 5.02 Å². The summed E-state index contributed by atoms with van der Waals surface area (Å²) in [4.78, 5) is 12.4. The molecule has 0 radical (unpaired) electrons. The lowest BCUT2D eigenvalue weighted by Gasteiger charge is -2.14.